The van der Waals surface area contributed by atoms with Crippen LogP contribution in [0, 0.1) is 6.92 Å². The smallest absolute Gasteiger partial charge is 0.332 e. The van der Waals surface area contributed by atoms with Crippen molar-refractivity contribution in [2.24, 2.45) is 0 Å². The van der Waals surface area contributed by atoms with Crippen LogP contribution in [0.5, 0.6) is 0 Å². The van der Waals surface area contributed by atoms with Gasteiger partial charge in [-0.25, -0.2) is 4.79 Å². The number of hydrogen-bond donors (Lipinski definition) is 0. The van der Waals surface area contributed by atoms with Gasteiger partial charge in [-0.1, -0.05) is 22.9 Å². The van der Waals surface area contributed by atoms with Crippen LogP contribution in [0.4, 0.5) is 10.5 Å². The number of rotatable bonds is 4. The Balaban J connectivity index is 1.56. The summed E-state index contributed by atoms with van der Waals surface area (Å²) in [7, 11) is 0. The van der Waals surface area contributed by atoms with Crippen LogP contribution in [-0.2, 0) is 11.3 Å². The van der Waals surface area contributed by atoms with Gasteiger partial charge in [0.25, 0.3) is 5.91 Å². The first-order valence-corrected chi connectivity index (χ1v) is 9.05. The van der Waals surface area contributed by atoms with E-state index in [1.165, 1.54) is 16.2 Å². The van der Waals surface area contributed by atoms with Crippen molar-refractivity contribution in [1.29, 1.82) is 0 Å². The van der Waals surface area contributed by atoms with Gasteiger partial charge in [-0.15, -0.1) is 0 Å². The third-order valence-electron chi connectivity index (χ3n) is 4.30. The van der Waals surface area contributed by atoms with Crippen LogP contribution in [0.2, 0.25) is 0 Å². The minimum absolute atomic E-state index is 0.0402. The second kappa shape index (κ2) is 6.38. The van der Waals surface area contributed by atoms with Crippen molar-refractivity contribution in [3.8, 4) is 11.4 Å². The fraction of sp³-hybridized carbons (Fsp3) is 0.222. The van der Waals surface area contributed by atoms with E-state index in [9.17, 15) is 9.59 Å². The molecule has 1 aromatic carbocycles. The Labute approximate surface area is 153 Å². The monoisotopic (exact) mass is 368 g/mol. The van der Waals surface area contributed by atoms with Crippen LogP contribution in [0.15, 0.2) is 45.6 Å². The number of anilines is 1. The van der Waals surface area contributed by atoms with Crippen molar-refractivity contribution < 1.29 is 14.1 Å². The zero-order valence-corrected chi connectivity index (χ0v) is 15.1. The Kier molecular flexibility index (Phi) is 4.04. The number of carbonyl (C=O) groups excluding carboxylic acids is 2. The predicted molar refractivity (Wildman–Crippen MR) is 96.7 cm³/mol. The fourth-order valence-electron chi connectivity index (χ4n) is 2.87. The van der Waals surface area contributed by atoms with Gasteiger partial charge in [0.1, 0.15) is 12.6 Å². The highest BCUT2D eigenvalue weighted by Gasteiger charge is 2.44. The predicted octanol–water partition coefficient (Wildman–Crippen LogP) is 3.46. The molecule has 1 saturated heterocycles. The maximum absolute atomic E-state index is 12.8. The van der Waals surface area contributed by atoms with Crippen molar-refractivity contribution in [2.75, 3.05) is 4.90 Å². The second-order valence-electron chi connectivity index (χ2n) is 6.11. The largest absolute Gasteiger partial charge is 0.337 e. The van der Waals surface area contributed by atoms with E-state index in [0.717, 1.165) is 16.0 Å². The first-order chi connectivity index (χ1) is 12.5. The molecule has 0 N–H and O–H groups in total. The highest BCUT2D eigenvalue weighted by molar-refractivity contribution is 7.08. The second-order valence-corrected chi connectivity index (χ2v) is 6.89. The minimum Gasteiger partial charge on any atom is -0.337 e. The zero-order valence-electron chi connectivity index (χ0n) is 14.2. The minimum atomic E-state index is -0.579. The molecule has 0 saturated carbocycles. The lowest BCUT2D eigenvalue weighted by Gasteiger charge is -2.19. The van der Waals surface area contributed by atoms with Crippen molar-refractivity contribution in [3.05, 3.63) is 52.5 Å². The third kappa shape index (κ3) is 2.78. The van der Waals surface area contributed by atoms with Crippen LogP contribution in [0.1, 0.15) is 18.4 Å². The molecule has 0 aliphatic carbocycles. The average Bonchev–Trinajstić information content (AvgIpc) is 3.35. The van der Waals surface area contributed by atoms with Gasteiger partial charge in [-0.2, -0.15) is 16.3 Å². The van der Waals surface area contributed by atoms with E-state index >= 15 is 0 Å². The molecule has 3 aromatic rings. The first kappa shape index (κ1) is 16.5. The molecule has 0 unspecified atom stereocenters. The number of aryl methyl sites for hydroxylation is 1. The Morgan fingerprint density at radius 3 is 2.65 bits per heavy atom. The molecule has 0 bridgehead atoms. The maximum atomic E-state index is 12.8. The molecule has 132 valence electrons. The lowest BCUT2D eigenvalue weighted by molar-refractivity contribution is -0.127. The third-order valence-corrected chi connectivity index (χ3v) is 4.98. The summed E-state index contributed by atoms with van der Waals surface area (Å²) in [6.45, 7) is 3.64. The van der Waals surface area contributed by atoms with E-state index in [4.69, 9.17) is 4.52 Å². The molecule has 1 atom stereocenters. The van der Waals surface area contributed by atoms with Crippen LogP contribution in [0.25, 0.3) is 11.4 Å². The van der Waals surface area contributed by atoms with E-state index in [0.29, 0.717) is 11.5 Å². The number of imide groups is 1. The van der Waals surface area contributed by atoms with Gasteiger partial charge in [0.15, 0.2) is 0 Å². The highest BCUT2D eigenvalue weighted by Crippen LogP contribution is 2.27. The number of benzene rings is 1. The molecule has 2 aromatic heterocycles. The standard InChI is InChI=1S/C18H16N4O3S/c1-11-3-5-14(6-4-11)22-12(2)17(23)21(18(22)24)9-15-19-16(20-25-15)13-7-8-26-10-13/h3-8,10,12H,9H2,1-2H3/t12-/m0/s1. The molecule has 1 fully saturated rings. The Bertz CT molecular complexity index is 949. The van der Waals surface area contributed by atoms with Crippen LogP contribution < -0.4 is 4.90 Å². The van der Waals surface area contributed by atoms with Gasteiger partial charge in [0.05, 0.1) is 0 Å². The first-order valence-electron chi connectivity index (χ1n) is 8.11. The molecule has 1 aliphatic heterocycles. The summed E-state index contributed by atoms with van der Waals surface area (Å²) in [6.07, 6.45) is 0. The van der Waals surface area contributed by atoms with E-state index in [1.807, 2.05) is 48.0 Å². The van der Waals surface area contributed by atoms with Crippen molar-refractivity contribution in [3.63, 3.8) is 0 Å². The summed E-state index contributed by atoms with van der Waals surface area (Å²) in [5.74, 6) is 0.389. The van der Waals surface area contributed by atoms with Gasteiger partial charge in [0.2, 0.25) is 11.7 Å². The molecule has 0 radical (unpaired) electrons. The van der Waals surface area contributed by atoms with Crippen molar-refractivity contribution in [1.82, 2.24) is 15.0 Å². The number of urea groups is 1. The summed E-state index contributed by atoms with van der Waals surface area (Å²) < 4.78 is 5.22. The summed E-state index contributed by atoms with van der Waals surface area (Å²) in [6, 6.07) is 8.41. The summed E-state index contributed by atoms with van der Waals surface area (Å²) in [4.78, 5) is 32.3. The van der Waals surface area contributed by atoms with Crippen LogP contribution in [0.3, 0.4) is 0 Å². The van der Waals surface area contributed by atoms with Crippen molar-refractivity contribution >= 4 is 29.0 Å². The van der Waals surface area contributed by atoms with Gasteiger partial charge in [-0.3, -0.25) is 14.6 Å². The summed E-state index contributed by atoms with van der Waals surface area (Å²) in [5, 5.41) is 7.74. The zero-order chi connectivity index (χ0) is 18.3. The Morgan fingerprint density at radius 1 is 1.19 bits per heavy atom. The van der Waals surface area contributed by atoms with Crippen LogP contribution in [-0.4, -0.2) is 33.0 Å². The normalized spacial score (nSPS) is 17.4. The molecule has 3 heterocycles. The molecule has 26 heavy (non-hydrogen) atoms. The number of aromatic nitrogens is 2. The van der Waals surface area contributed by atoms with E-state index < -0.39 is 6.04 Å². The fourth-order valence-corrected chi connectivity index (χ4v) is 3.51. The molecule has 3 amide bonds. The van der Waals surface area contributed by atoms with Crippen LogP contribution >= 0.6 is 11.3 Å². The van der Waals surface area contributed by atoms with Gasteiger partial charge < -0.3 is 4.52 Å². The Hall–Kier alpha value is -3.00. The molecular weight excluding hydrogens is 352 g/mol. The molecule has 4 rings (SSSR count). The number of thiophene rings is 1. The van der Waals surface area contributed by atoms with E-state index in [-0.39, 0.29) is 24.4 Å². The SMILES string of the molecule is Cc1ccc(N2C(=O)N(Cc3nc(-c4ccsc4)no3)C(=O)[C@@H]2C)cc1. The number of nitrogens with zero attached hydrogens (tertiary/aromatic N) is 4. The lowest BCUT2D eigenvalue weighted by atomic mass is 10.2. The van der Waals surface area contributed by atoms with Gasteiger partial charge in [0, 0.05) is 16.6 Å². The highest BCUT2D eigenvalue weighted by atomic mass is 32.1. The molecule has 8 heteroatoms. The van der Waals surface area contributed by atoms with E-state index in [1.54, 1.807) is 6.92 Å². The average molecular weight is 368 g/mol. The van der Waals surface area contributed by atoms with E-state index in [2.05, 4.69) is 10.1 Å². The maximum Gasteiger partial charge on any atom is 0.332 e. The number of carbonyl (C=O) groups is 2. The quantitative estimate of drug-likeness (QED) is 0.659. The Morgan fingerprint density at radius 2 is 1.96 bits per heavy atom. The lowest BCUT2D eigenvalue weighted by Crippen LogP contribution is -2.33. The summed E-state index contributed by atoms with van der Waals surface area (Å²) in [5.41, 5.74) is 2.62. The van der Waals surface area contributed by atoms with Gasteiger partial charge in [-0.05, 0) is 37.4 Å². The topological polar surface area (TPSA) is 79.5 Å². The number of amides is 3. The molecule has 0 spiro atoms. The summed E-state index contributed by atoms with van der Waals surface area (Å²) >= 11 is 1.53. The van der Waals surface area contributed by atoms with Gasteiger partial charge >= 0.3 is 6.03 Å². The molecule has 1 aliphatic rings. The van der Waals surface area contributed by atoms with Crippen molar-refractivity contribution in [2.45, 2.75) is 26.4 Å². The number of hydrogen-bond acceptors (Lipinski definition) is 6. The molecular formula is C18H16N4O3S. The molecule has 7 nitrogen and oxygen atoms in total.